The van der Waals surface area contributed by atoms with E-state index in [1.54, 1.807) is 4.90 Å². The maximum atomic E-state index is 12.5. The van der Waals surface area contributed by atoms with E-state index in [-0.39, 0.29) is 17.7 Å². The highest BCUT2D eigenvalue weighted by Gasteiger charge is 2.28. The molecular weight excluding hydrogens is 262 g/mol. The summed E-state index contributed by atoms with van der Waals surface area (Å²) >= 11 is 1.45. The number of carbonyl (C=O) groups is 2. The van der Waals surface area contributed by atoms with E-state index in [1.165, 1.54) is 11.3 Å². The average Bonchev–Trinajstić information content (AvgIpc) is 2.67. The number of rotatable bonds is 2. The number of amides is 2. The van der Waals surface area contributed by atoms with Gasteiger partial charge in [-0.05, 0) is 31.0 Å². The Morgan fingerprint density at radius 3 is 2.68 bits per heavy atom. The molecular formula is C13H19N3O2S. The van der Waals surface area contributed by atoms with E-state index in [2.05, 4.69) is 0 Å². The van der Waals surface area contributed by atoms with Crippen LogP contribution in [0.3, 0.4) is 0 Å². The van der Waals surface area contributed by atoms with Gasteiger partial charge in [0.15, 0.2) is 0 Å². The second kappa shape index (κ2) is 5.71. The third-order valence-corrected chi connectivity index (χ3v) is 4.47. The molecule has 0 radical (unpaired) electrons. The molecule has 0 aliphatic carbocycles. The summed E-state index contributed by atoms with van der Waals surface area (Å²) in [7, 11) is 1.94. The zero-order valence-electron chi connectivity index (χ0n) is 11.3. The zero-order valence-corrected chi connectivity index (χ0v) is 12.1. The van der Waals surface area contributed by atoms with Crippen LogP contribution in [-0.2, 0) is 4.79 Å². The predicted molar refractivity (Wildman–Crippen MR) is 75.1 cm³/mol. The fourth-order valence-electron chi connectivity index (χ4n) is 2.27. The molecule has 1 fully saturated rings. The minimum atomic E-state index is -0.338. The van der Waals surface area contributed by atoms with Crippen LogP contribution in [-0.4, -0.2) is 54.8 Å². The standard InChI is InChI=1S/C13H19N3O2S/c1-9-3-6-19-11(9)13(18)16-5-4-15(2)7-10(8-16)12(14)17/h3,6,10H,4-5,7-8H2,1-2H3,(H2,14,17)/t10-/m0/s1. The number of nitrogens with two attached hydrogens (primary N) is 1. The van der Waals surface area contributed by atoms with Crippen LogP contribution >= 0.6 is 11.3 Å². The smallest absolute Gasteiger partial charge is 0.264 e. The lowest BCUT2D eigenvalue weighted by Crippen LogP contribution is -2.40. The lowest BCUT2D eigenvalue weighted by atomic mass is 10.1. The zero-order chi connectivity index (χ0) is 14.0. The van der Waals surface area contributed by atoms with Gasteiger partial charge in [-0.25, -0.2) is 0 Å². The van der Waals surface area contributed by atoms with Gasteiger partial charge >= 0.3 is 0 Å². The molecule has 2 heterocycles. The van der Waals surface area contributed by atoms with Crippen molar-refractivity contribution in [1.82, 2.24) is 9.80 Å². The summed E-state index contributed by atoms with van der Waals surface area (Å²) < 4.78 is 0. The number of primary amides is 1. The van der Waals surface area contributed by atoms with Crippen molar-refractivity contribution in [2.75, 3.05) is 33.2 Å². The van der Waals surface area contributed by atoms with Crippen molar-refractivity contribution in [2.45, 2.75) is 6.92 Å². The van der Waals surface area contributed by atoms with Crippen LogP contribution in [0.25, 0.3) is 0 Å². The topological polar surface area (TPSA) is 66.6 Å². The number of nitrogens with zero attached hydrogens (tertiary/aromatic N) is 2. The Hall–Kier alpha value is -1.40. The lowest BCUT2D eigenvalue weighted by Gasteiger charge is -2.22. The summed E-state index contributed by atoms with van der Waals surface area (Å²) in [5.41, 5.74) is 6.40. The van der Waals surface area contributed by atoms with Crippen molar-refractivity contribution in [3.8, 4) is 0 Å². The summed E-state index contributed by atoms with van der Waals surface area (Å²) in [6.45, 7) is 4.36. The highest BCUT2D eigenvalue weighted by Crippen LogP contribution is 2.19. The quantitative estimate of drug-likeness (QED) is 0.860. The first-order valence-corrected chi connectivity index (χ1v) is 7.18. The first-order chi connectivity index (χ1) is 8.99. The number of thiophene rings is 1. The number of aryl methyl sites for hydroxylation is 1. The van der Waals surface area contributed by atoms with E-state index in [0.717, 1.165) is 17.0 Å². The maximum absolute atomic E-state index is 12.5. The molecule has 1 aliphatic rings. The van der Waals surface area contributed by atoms with Crippen LogP contribution in [0.1, 0.15) is 15.2 Å². The molecule has 6 heteroatoms. The van der Waals surface area contributed by atoms with Crippen molar-refractivity contribution < 1.29 is 9.59 Å². The minimum Gasteiger partial charge on any atom is -0.369 e. The first-order valence-electron chi connectivity index (χ1n) is 6.30. The van der Waals surface area contributed by atoms with Crippen LogP contribution in [0, 0.1) is 12.8 Å². The van der Waals surface area contributed by atoms with E-state index in [9.17, 15) is 9.59 Å². The van der Waals surface area contributed by atoms with Gasteiger partial charge in [0.25, 0.3) is 5.91 Å². The third kappa shape index (κ3) is 3.13. The largest absolute Gasteiger partial charge is 0.369 e. The van der Waals surface area contributed by atoms with Crippen molar-refractivity contribution in [3.63, 3.8) is 0 Å². The second-order valence-corrected chi connectivity index (χ2v) is 5.96. The lowest BCUT2D eigenvalue weighted by molar-refractivity contribution is -0.122. The molecule has 1 aliphatic heterocycles. The summed E-state index contributed by atoms with van der Waals surface area (Å²) in [6, 6.07) is 1.94. The molecule has 104 valence electrons. The number of hydrogen-bond donors (Lipinski definition) is 1. The molecule has 0 unspecified atom stereocenters. The van der Waals surface area contributed by atoms with Crippen LogP contribution in [0.2, 0.25) is 0 Å². The van der Waals surface area contributed by atoms with Crippen LogP contribution in [0.15, 0.2) is 11.4 Å². The maximum Gasteiger partial charge on any atom is 0.264 e. The van der Waals surface area contributed by atoms with Gasteiger partial charge in [-0.2, -0.15) is 0 Å². The SMILES string of the molecule is Cc1ccsc1C(=O)N1CCN(C)C[C@H](C(N)=O)C1. The monoisotopic (exact) mass is 281 g/mol. The molecule has 2 N–H and O–H groups in total. The Morgan fingerprint density at radius 1 is 1.37 bits per heavy atom. The summed E-state index contributed by atoms with van der Waals surface area (Å²) in [5, 5.41) is 1.91. The minimum absolute atomic E-state index is 0.00838. The van der Waals surface area contributed by atoms with Gasteiger partial charge in [0.05, 0.1) is 10.8 Å². The molecule has 5 nitrogen and oxygen atoms in total. The highest BCUT2D eigenvalue weighted by atomic mass is 32.1. The number of hydrogen-bond acceptors (Lipinski definition) is 4. The van der Waals surface area contributed by atoms with Crippen LogP contribution in [0.5, 0.6) is 0 Å². The molecule has 2 amide bonds. The Bertz CT molecular complexity index is 486. The van der Waals surface area contributed by atoms with Gasteiger partial charge < -0.3 is 15.5 Å². The molecule has 1 aromatic heterocycles. The second-order valence-electron chi connectivity index (χ2n) is 5.05. The van der Waals surface area contributed by atoms with Gasteiger partial charge in [-0.15, -0.1) is 11.3 Å². The molecule has 0 bridgehead atoms. The molecule has 0 aromatic carbocycles. The van der Waals surface area contributed by atoms with Crippen LogP contribution in [0.4, 0.5) is 0 Å². The van der Waals surface area contributed by atoms with E-state index >= 15 is 0 Å². The van der Waals surface area contributed by atoms with Crippen molar-refractivity contribution >= 4 is 23.2 Å². The molecule has 0 saturated carbocycles. The van der Waals surface area contributed by atoms with Crippen molar-refractivity contribution in [3.05, 3.63) is 21.9 Å². The summed E-state index contributed by atoms with van der Waals surface area (Å²) in [6.07, 6.45) is 0. The fourth-order valence-corrected chi connectivity index (χ4v) is 3.17. The highest BCUT2D eigenvalue weighted by molar-refractivity contribution is 7.12. The Balaban J connectivity index is 2.17. The van der Waals surface area contributed by atoms with Gasteiger partial charge in [-0.1, -0.05) is 0 Å². The summed E-state index contributed by atoms with van der Waals surface area (Å²) in [4.78, 5) is 28.5. The Morgan fingerprint density at radius 2 is 2.11 bits per heavy atom. The number of carbonyl (C=O) groups excluding carboxylic acids is 2. The van der Waals surface area contributed by atoms with Crippen LogP contribution < -0.4 is 5.73 Å². The van der Waals surface area contributed by atoms with E-state index in [1.807, 2.05) is 30.3 Å². The van der Waals surface area contributed by atoms with Gasteiger partial charge in [0, 0.05) is 26.2 Å². The van der Waals surface area contributed by atoms with Gasteiger partial charge in [-0.3, -0.25) is 9.59 Å². The molecule has 1 saturated heterocycles. The Labute approximate surface area is 117 Å². The Kier molecular flexibility index (Phi) is 4.21. The normalized spacial score (nSPS) is 21.2. The molecule has 2 rings (SSSR count). The first kappa shape index (κ1) is 14.0. The molecule has 19 heavy (non-hydrogen) atoms. The predicted octanol–water partition coefficient (Wildman–Crippen LogP) is 0.546. The molecule has 1 atom stereocenters. The number of likely N-dealkylation sites (N-methyl/N-ethyl adjacent to an activating group) is 1. The van der Waals surface area contributed by atoms with E-state index in [4.69, 9.17) is 5.73 Å². The molecule has 0 spiro atoms. The van der Waals surface area contributed by atoms with Gasteiger partial charge in [0.2, 0.25) is 5.91 Å². The summed E-state index contributed by atoms with van der Waals surface area (Å²) in [5.74, 6) is -0.625. The van der Waals surface area contributed by atoms with E-state index in [0.29, 0.717) is 19.6 Å². The van der Waals surface area contributed by atoms with E-state index < -0.39 is 0 Å². The van der Waals surface area contributed by atoms with Gasteiger partial charge in [0.1, 0.15) is 0 Å². The fraction of sp³-hybridized carbons (Fsp3) is 0.538. The molecule has 1 aromatic rings. The van der Waals surface area contributed by atoms with Crippen molar-refractivity contribution in [2.24, 2.45) is 11.7 Å². The average molecular weight is 281 g/mol. The third-order valence-electron chi connectivity index (χ3n) is 3.47. The van der Waals surface area contributed by atoms with Crippen molar-refractivity contribution in [1.29, 1.82) is 0 Å².